The van der Waals surface area contributed by atoms with Gasteiger partial charge in [-0.25, -0.2) is 17.9 Å². The summed E-state index contributed by atoms with van der Waals surface area (Å²) in [6.07, 6.45) is -1.40. The second-order valence-electron chi connectivity index (χ2n) is 8.18. The van der Waals surface area contributed by atoms with E-state index >= 15 is 0 Å². The summed E-state index contributed by atoms with van der Waals surface area (Å²) in [6.45, 7) is 1.42. The van der Waals surface area contributed by atoms with Crippen LogP contribution in [0.2, 0.25) is 0 Å². The van der Waals surface area contributed by atoms with Gasteiger partial charge in [0.05, 0.1) is 25.1 Å². The van der Waals surface area contributed by atoms with E-state index in [4.69, 9.17) is 4.74 Å². The molecule has 0 spiro atoms. The zero-order chi connectivity index (χ0) is 24.0. The van der Waals surface area contributed by atoms with E-state index in [1.165, 1.54) is 0 Å². The van der Waals surface area contributed by atoms with Gasteiger partial charge in [-0.05, 0) is 12.0 Å². The molecule has 3 atom stereocenters. The summed E-state index contributed by atoms with van der Waals surface area (Å²) < 4.78 is 33.2. The van der Waals surface area contributed by atoms with Crippen LogP contribution < -0.4 is 4.72 Å². The van der Waals surface area contributed by atoms with Gasteiger partial charge in [-0.15, -0.1) is 0 Å². The van der Waals surface area contributed by atoms with Crippen molar-refractivity contribution in [1.82, 2.24) is 14.5 Å². The maximum absolute atomic E-state index is 13.2. The predicted octanol–water partition coefficient (Wildman–Crippen LogP) is -0.840. The molecule has 33 heavy (non-hydrogen) atoms. The van der Waals surface area contributed by atoms with Gasteiger partial charge in [-0.1, -0.05) is 30.3 Å². The fourth-order valence-electron chi connectivity index (χ4n) is 4.02. The molecule has 2 fully saturated rings. The second-order valence-corrected chi connectivity index (χ2v) is 9.93. The number of carboxylic acid groups (broad SMARTS) is 1. The van der Waals surface area contributed by atoms with Gasteiger partial charge in [-0.3, -0.25) is 9.59 Å². The van der Waals surface area contributed by atoms with Crippen molar-refractivity contribution in [3.8, 4) is 0 Å². The van der Waals surface area contributed by atoms with Crippen LogP contribution in [0, 0.1) is 0 Å². The van der Waals surface area contributed by atoms with E-state index in [-0.39, 0.29) is 37.5 Å². The van der Waals surface area contributed by atoms with Gasteiger partial charge < -0.3 is 24.7 Å². The zero-order valence-corrected chi connectivity index (χ0v) is 18.9. The van der Waals surface area contributed by atoms with Crippen molar-refractivity contribution >= 4 is 27.8 Å². The molecule has 11 nitrogen and oxygen atoms in total. The minimum Gasteiger partial charge on any atom is -0.480 e. The number of carbonyl (C=O) groups excluding carboxylic acids is 2. The highest BCUT2D eigenvalue weighted by Crippen LogP contribution is 2.21. The van der Waals surface area contributed by atoms with E-state index in [2.05, 4.69) is 4.72 Å². The molecule has 182 valence electrons. The first-order chi connectivity index (χ1) is 15.7. The third-order valence-corrected chi connectivity index (χ3v) is 7.03. The van der Waals surface area contributed by atoms with Gasteiger partial charge in [0, 0.05) is 32.5 Å². The van der Waals surface area contributed by atoms with Gasteiger partial charge in [0.15, 0.2) is 0 Å². The van der Waals surface area contributed by atoms with Crippen LogP contribution >= 0.6 is 0 Å². The van der Waals surface area contributed by atoms with Gasteiger partial charge in [0.1, 0.15) is 12.1 Å². The Bertz CT molecular complexity index is 950. The molecule has 0 bridgehead atoms. The van der Waals surface area contributed by atoms with Crippen LogP contribution in [0.3, 0.4) is 0 Å². The first kappa shape index (κ1) is 25.1. The van der Waals surface area contributed by atoms with Crippen molar-refractivity contribution in [2.45, 2.75) is 43.2 Å². The third-order valence-electron chi connectivity index (χ3n) is 5.68. The molecule has 2 saturated heterocycles. The van der Waals surface area contributed by atoms with E-state index in [9.17, 15) is 33.0 Å². The molecule has 3 N–H and O–H groups in total. The first-order valence-electron chi connectivity index (χ1n) is 10.8. The summed E-state index contributed by atoms with van der Waals surface area (Å²) in [5, 5.41) is 19.3. The summed E-state index contributed by atoms with van der Waals surface area (Å²) in [5.74, 6) is -2.67. The molecular weight excluding hydrogens is 454 g/mol. The van der Waals surface area contributed by atoms with Crippen LogP contribution in [0.1, 0.15) is 24.8 Å². The normalized spacial score (nSPS) is 22.2. The number of aliphatic hydroxyl groups is 1. The number of aliphatic hydroxyl groups excluding tert-OH is 1. The summed E-state index contributed by atoms with van der Waals surface area (Å²) in [5.41, 5.74) is 0.514. The highest BCUT2D eigenvalue weighted by atomic mass is 32.2. The number of ether oxygens (including phenoxy) is 1. The number of hydrogen-bond acceptors (Lipinski definition) is 7. The van der Waals surface area contributed by atoms with Crippen LogP contribution in [-0.4, -0.2) is 97.3 Å². The lowest BCUT2D eigenvalue weighted by Gasteiger charge is -2.29. The number of morpholine rings is 1. The number of sulfonamides is 1. The van der Waals surface area contributed by atoms with Gasteiger partial charge in [0.25, 0.3) is 0 Å². The van der Waals surface area contributed by atoms with Crippen LogP contribution in [-0.2, 0) is 34.9 Å². The molecule has 1 aromatic carbocycles. The average Bonchev–Trinajstić information content (AvgIpc) is 3.19. The number of nitrogens with one attached hydrogen (secondary N) is 1. The number of rotatable bonds is 9. The molecule has 0 aliphatic carbocycles. The maximum Gasteiger partial charge on any atom is 0.326 e. The number of hydrogen-bond donors (Lipinski definition) is 3. The molecule has 2 heterocycles. The molecule has 3 rings (SSSR count). The summed E-state index contributed by atoms with van der Waals surface area (Å²) in [4.78, 5) is 39.9. The van der Waals surface area contributed by atoms with E-state index in [0.29, 0.717) is 31.9 Å². The quantitative estimate of drug-likeness (QED) is 0.411. The molecule has 2 aliphatic heterocycles. The fourth-order valence-corrected chi connectivity index (χ4v) is 5.38. The van der Waals surface area contributed by atoms with E-state index < -0.39 is 40.1 Å². The molecule has 2 aliphatic rings. The van der Waals surface area contributed by atoms with E-state index in [1.807, 2.05) is 0 Å². The Morgan fingerprint density at radius 3 is 2.45 bits per heavy atom. The van der Waals surface area contributed by atoms with Crippen molar-refractivity contribution in [2.75, 3.05) is 32.8 Å². The third kappa shape index (κ3) is 6.97. The Morgan fingerprint density at radius 2 is 1.82 bits per heavy atom. The Morgan fingerprint density at radius 1 is 1.15 bits per heavy atom. The number of β-amino-alcohol motifs (C(OH)–C–C–N with tert-alkyl or cyclic N) is 1. The van der Waals surface area contributed by atoms with Gasteiger partial charge in [-0.2, -0.15) is 0 Å². The van der Waals surface area contributed by atoms with E-state index in [1.54, 1.807) is 35.2 Å². The number of likely N-dealkylation sites (tertiary alicyclic amines) is 1. The summed E-state index contributed by atoms with van der Waals surface area (Å²) in [7, 11) is -3.98. The van der Waals surface area contributed by atoms with Crippen molar-refractivity contribution in [3.05, 3.63) is 35.9 Å². The smallest absolute Gasteiger partial charge is 0.326 e. The molecule has 0 saturated carbocycles. The van der Waals surface area contributed by atoms with Crippen molar-refractivity contribution < 1.29 is 37.8 Å². The van der Waals surface area contributed by atoms with Crippen molar-refractivity contribution in [2.24, 2.45) is 0 Å². The number of carbonyl (C=O) groups is 3. The zero-order valence-electron chi connectivity index (χ0n) is 18.1. The molecular formula is C21H29N3O8S. The Balaban J connectivity index is 1.75. The van der Waals surface area contributed by atoms with Crippen LogP contribution in [0.15, 0.2) is 30.3 Å². The molecule has 1 aromatic rings. The van der Waals surface area contributed by atoms with Crippen molar-refractivity contribution in [3.63, 3.8) is 0 Å². The number of aliphatic carboxylic acids is 1. The van der Waals surface area contributed by atoms with Gasteiger partial charge in [0.2, 0.25) is 21.8 Å². The lowest BCUT2D eigenvalue weighted by molar-refractivity contribution is -0.149. The monoisotopic (exact) mass is 483 g/mol. The minimum absolute atomic E-state index is 0.0988. The first-order valence-corrected chi connectivity index (χ1v) is 12.4. The van der Waals surface area contributed by atoms with Crippen LogP contribution in [0.4, 0.5) is 0 Å². The molecule has 2 amide bonds. The number of benzene rings is 1. The van der Waals surface area contributed by atoms with Crippen LogP contribution in [0.25, 0.3) is 0 Å². The highest BCUT2D eigenvalue weighted by Gasteiger charge is 2.42. The minimum atomic E-state index is -3.98. The van der Waals surface area contributed by atoms with Crippen LogP contribution in [0.5, 0.6) is 0 Å². The highest BCUT2D eigenvalue weighted by molar-refractivity contribution is 7.88. The Labute approximate surface area is 192 Å². The predicted molar refractivity (Wildman–Crippen MR) is 116 cm³/mol. The van der Waals surface area contributed by atoms with E-state index in [0.717, 1.165) is 4.90 Å². The Kier molecular flexibility index (Phi) is 8.40. The molecule has 3 unspecified atom stereocenters. The molecule has 0 aromatic heterocycles. The topological polar surface area (TPSA) is 154 Å². The summed E-state index contributed by atoms with van der Waals surface area (Å²) >= 11 is 0. The second kappa shape index (κ2) is 11.1. The molecule has 0 radical (unpaired) electrons. The number of amides is 2. The average molecular weight is 484 g/mol. The number of nitrogens with zero attached hydrogens (tertiary/aromatic N) is 2. The van der Waals surface area contributed by atoms with Gasteiger partial charge >= 0.3 is 5.97 Å². The maximum atomic E-state index is 13.2. The summed E-state index contributed by atoms with van der Waals surface area (Å²) in [6, 6.07) is 5.80. The largest absolute Gasteiger partial charge is 0.480 e. The Hall–Kier alpha value is -2.54. The van der Waals surface area contributed by atoms with Crippen molar-refractivity contribution in [1.29, 1.82) is 0 Å². The lowest BCUT2D eigenvalue weighted by atomic mass is 10.1. The number of carboxylic acids is 1. The SMILES string of the molecule is O=C(O)C1CC(O)CN1C(=O)C(CCC(=O)N1CCOCC1)NS(=O)(=O)Cc1ccccc1. The standard InChI is InChI=1S/C21H29N3O8S/c25-16-12-18(21(28)29)24(13-16)20(27)17(6-7-19(26)23-8-10-32-11-9-23)22-33(30,31)14-15-4-2-1-3-5-15/h1-5,16-18,22,25H,6-14H2,(H,28,29). The lowest BCUT2D eigenvalue weighted by Crippen LogP contribution is -2.52. The molecule has 12 heteroatoms. The fraction of sp³-hybridized carbons (Fsp3) is 0.571.